The van der Waals surface area contributed by atoms with Gasteiger partial charge in [-0.3, -0.25) is 0 Å². The first-order valence-corrected chi connectivity index (χ1v) is 9.68. The summed E-state index contributed by atoms with van der Waals surface area (Å²) < 4.78 is 41.2. The summed E-state index contributed by atoms with van der Waals surface area (Å²) in [4.78, 5) is 8.73. The maximum Gasteiger partial charge on any atom is 0.416 e. The summed E-state index contributed by atoms with van der Waals surface area (Å²) in [5.74, 6) is 0.391. The number of hydrogen-bond acceptors (Lipinski definition) is 5. The molecule has 4 rings (SSSR count). The topological polar surface area (TPSA) is 68.5 Å². The first-order chi connectivity index (χ1) is 15.0. The largest absolute Gasteiger partial charge is 0.416 e. The van der Waals surface area contributed by atoms with Gasteiger partial charge in [-0.1, -0.05) is 47.7 Å². The van der Waals surface area contributed by atoms with Crippen molar-refractivity contribution in [3.63, 3.8) is 0 Å². The fourth-order valence-electron chi connectivity index (χ4n) is 3.19. The first-order valence-electron chi connectivity index (χ1n) is 9.68. The molecule has 6 nitrogen and oxygen atoms in total. The molecule has 31 heavy (non-hydrogen) atoms. The fourth-order valence-corrected chi connectivity index (χ4v) is 3.19. The predicted molar refractivity (Wildman–Crippen MR) is 111 cm³/mol. The Balaban J connectivity index is 1.69. The molecule has 4 aromatic rings. The number of anilines is 1. The molecule has 0 radical (unpaired) electrons. The molecule has 0 aliphatic heterocycles. The van der Waals surface area contributed by atoms with Crippen molar-refractivity contribution >= 4 is 5.95 Å². The Labute approximate surface area is 176 Å². The van der Waals surface area contributed by atoms with Crippen LogP contribution in [0.2, 0.25) is 0 Å². The van der Waals surface area contributed by atoms with Gasteiger partial charge in [-0.2, -0.15) is 13.2 Å². The lowest BCUT2D eigenvalue weighted by Crippen LogP contribution is -2.06. The molecule has 158 valence electrons. The van der Waals surface area contributed by atoms with E-state index >= 15 is 0 Å². The minimum atomic E-state index is -4.44. The maximum atomic E-state index is 13.2. The van der Waals surface area contributed by atoms with Crippen molar-refractivity contribution in [1.29, 1.82) is 0 Å². The Hall–Kier alpha value is -3.75. The normalized spacial score (nSPS) is 11.5. The Morgan fingerprint density at radius 3 is 2.55 bits per heavy atom. The quantitative estimate of drug-likeness (QED) is 0.469. The molecule has 0 spiro atoms. The van der Waals surface area contributed by atoms with Crippen LogP contribution >= 0.6 is 0 Å². The summed E-state index contributed by atoms with van der Waals surface area (Å²) in [7, 11) is 0. The third-order valence-electron chi connectivity index (χ3n) is 4.69. The molecular weight excluding hydrogens is 405 g/mol. The lowest BCUT2D eigenvalue weighted by molar-refractivity contribution is -0.137. The van der Waals surface area contributed by atoms with Crippen LogP contribution in [-0.4, -0.2) is 25.0 Å². The van der Waals surface area contributed by atoms with Crippen LogP contribution in [0.5, 0.6) is 0 Å². The second-order valence-corrected chi connectivity index (χ2v) is 6.79. The van der Waals surface area contributed by atoms with Crippen LogP contribution in [0.25, 0.3) is 22.6 Å². The Kier molecular flexibility index (Phi) is 5.66. The summed E-state index contributed by atoms with van der Waals surface area (Å²) in [5.41, 5.74) is 2.05. The molecule has 1 N–H and O–H groups in total. The number of halogens is 3. The zero-order valence-electron chi connectivity index (χ0n) is 16.6. The number of aryl methyl sites for hydroxylation is 1. The second kappa shape index (κ2) is 8.55. The first kappa shape index (κ1) is 20.5. The van der Waals surface area contributed by atoms with E-state index in [9.17, 15) is 13.2 Å². The summed E-state index contributed by atoms with van der Waals surface area (Å²) >= 11 is 0. The average molecular weight is 424 g/mol. The Bertz CT molecular complexity index is 1170. The number of nitrogens with one attached hydrogen (secondary N) is 1. The molecule has 2 aromatic carbocycles. The van der Waals surface area contributed by atoms with E-state index in [0.29, 0.717) is 41.7 Å². The van der Waals surface area contributed by atoms with Crippen molar-refractivity contribution in [3.05, 3.63) is 78.0 Å². The minimum Gasteiger partial charge on any atom is -0.350 e. The molecule has 0 unspecified atom stereocenters. The molecular formula is C22H19F3N6. The van der Waals surface area contributed by atoms with Crippen LogP contribution in [0.3, 0.4) is 0 Å². The lowest BCUT2D eigenvalue weighted by atomic mass is 10.0. The monoisotopic (exact) mass is 424 g/mol. The van der Waals surface area contributed by atoms with Crippen molar-refractivity contribution < 1.29 is 13.2 Å². The molecule has 0 amide bonds. The average Bonchev–Trinajstić information content (AvgIpc) is 3.22. The van der Waals surface area contributed by atoms with Crippen molar-refractivity contribution in [2.75, 3.05) is 5.32 Å². The number of aromatic nitrogens is 5. The van der Waals surface area contributed by atoms with Gasteiger partial charge in [0.05, 0.1) is 17.0 Å². The number of hydrogen-bond donors (Lipinski definition) is 1. The molecule has 0 saturated carbocycles. The molecule has 0 saturated heterocycles. The van der Waals surface area contributed by atoms with Crippen LogP contribution < -0.4 is 5.32 Å². The van der Waals surface area contributed by atoms with Crippen LogP contribution in [-0.2, 0) is 19.3 Å². The van der Waals surface area contributed by atoms with Crippen LogP contribution in [0.4, 0.5) is 19.1 Å². The number of alkyl halides is 3. The minimum absolute atomic E-state index is 0.370. The van der Waals surface area contributed by atoms with Gasteiger partial charge in [-0.25, -0.2) is 14.6 Å². The van der Waals surface area contributed by atoms with E-state index in [1.807, 2.05) is 37.3 Å². The number of rotatable bonds is 6. The van der Waals surface area contributed by atoms with Gasteiger partial charge in [0.15, 0.2) is 0 Å². The molecule has 9 heteroatoms. The molecule has 0 bridgehead atoms. The lowest BCUT2D eigenvalue weighted by Gasteiger charge is -2.11. The van der Waals surface area contributed by atoms with Crippen LogP contribution in [0.15, 0.2) is 66.9 Å². The fraction of sp³-hybridized carbons (Fsp3) is 0.182. The van der Waals surface area contributed by atoms with E-state index < -0.39 is 11.7 Å². The van der Waals surface area contributed by atoms with Gasteiger partial charge in [0.1, 0.15) is 5.69 Å². The standard InChI is InChI=1S/C22H19F3N6/c1-2-31-20(16-9-6-10-17(13-16)22(23,24)25)19(29-30-31)18-11-12-26-21(28-18)27-14-15-7-4-3-5-8-15/h3-13H,2,14H2,1H3,(H,26,27,28). The van der Waals surface area contributed by atoms with E-state index in [2.05, 4.69) is 25.6 Å². The number of benzene rings is 2. The van der Waals surface area contributed by atoms with Gasteiger partial charge in [-0.05, 0) is 30.7 Å². The second-order valence-electron chi connectivity index (χ2n) is 6.79. The van der Waals surface area contributed by atoms with Crippen molar-refractivity contribution in [1.82, 2.24) is 25.0 Å². The summed E-state index contributed by atoms with van der Waals surface area (Å²) in [6.45, 7) is 2.83. The highest BCUT2D eigenvalue weighted by Crippen LogP contribution is 2.35. The number of nitrogens with zero attached hydrogens (tertiary/aromatic N) is 5. The molecule has 2 aromatic heterocycles. The summed E-state index contributed by atoms with van der Waals surface area (Å²) in [5, 5.41) is 11.5. The third-order valence-corrected chi connectivity index (χ3v) is 4.69. The van der Waals surface area contributed by atoms with Gasteiger partial charge in [0.2, 0.25) is 5.95 Å². The van der Waals surface area contributed by atoms with Crippen LogP contribution in [0, 0.1) is 0 Å². The summed E-state index contributed by atoms with van der Waals surface area (Å²) in [6, 6.07) is 16.6. The molecule has 2 heterocycles. The van der Waals surface area contributed by atoms with Crippen molar-refractivity contribution in [3.8, 4) is 22.6 Å². The van der Waals surface area contributed by atoms with Crippen molar-refractivity contribution in [2.24, 2.45) is 0 Å². The van der Waals surface area contributed by atoms with Gasteiger partial charge in [0, 0.05) is 24.8 Å². The van der Waals surface area contributed by atoms with E-state index in [0.717, 1.165) is 17.7 Å². The third kappa shape index (κ3) is 4.55. The summed E-state index contributed by atoms with van der Waals surface area (Å²) in [6.07, 6.45) is -2.86. The van der Waals surface area contributed by atoms with Crippen molar-refractivity contribution in [2.45, 2.75) is 26.2 Å². The maximum absolute atomic E-state index is 13.2. The SMILES string of the molecule is CCn1nnc(-c2ccnc(NCc3ccccc3)n2)c1-c1cccc(C(F)(F)F)c1. The predicted octanol–water partition coefficient (Wildman–Crippen LogP) is 5.05. The zero-order chi connectivity index (χ0) is 21.8. The Morgan fingerprint density at radius 2 is 1.81 bits per heavy atom. The highest BCUT2D eigenvalue weighted by molar-refractivity contribution is 5.76. The highest BCUT2D eigenvalue weighted by atomic mass is 19.4. The Morgan fingerprint density at radius 1 is 1.00 bits per heavy atom. The van der Waals surface area contributed by atoms with E-state index in [1.54, 1.807) is 23.0 Å². The zero-order valence-corrected chi connectivity index (χ0v) is 16.6. The molecule has 0 aliphatic carbocycles. The van der Waals surface area contributed by atoms with Gasteiger partial charge >= 0.3 is 6.18 Å². The van der Waals surface area contributed by atoms with Crippen LogP contribution in [0.1, 0.15) is 18.1 Å². The van der Waals surface area contributed by atoms with E-state index in [1.165, 1.54) is 6.07 Å². The van der Waals surface area contributed by atoms with Gasteiger partial charge < -0.3 is 5.32 Å². The van der Waals surface area contributed by atoms with Gasteiger partial charge in [-0.15, -0.1) is 5.10 Å². The highest BCUT2D eigenvalue weighted by Gasteiger charge is 2.31. The van der Waals surface area contributed by atoms with E-state index in [4.69, 9.17) is 0 Å². The molecule has 0 atom stereocenters. The molecule has 0 fully saturated rings. The smallest absolute Gasteiger partial charge is 0.350 e. The van der Waals surface area contributed by atoms with E-state index in [-0.39, 0.29) is 0 Å². The van der Waals surface area contributed by atoms with Gasteiger partial charge in [0.25, 0.3) is 0 Å². The molecule has 0 aliphatic rings.